The van der Waals surface area contributed by atoms with Gasteiger partial charge in [0.1, 0.15) is 5.69 Å². The minimum absolute atomic E-state index is 0.107. The summed E-state index contributed by atoms with van der Waals surface area (Å²) in [5.41, 5.74) is -1.69. The maximum atomic E-state index is 13.0. The maximum Gasteiger partial charge on any atom is 0.418 e. The maximum absolute atomic E-state index is 13.0. The van der Waals surface area contributed by atoms with Gasteiger partial charge in [0.2, 0.25) is 5.91 Å². The van der Waals surface area contributed by atoms with Crippen molar-refractivity contribution in [2.75, 3.05) is 31.1 Å². The van der Waals surface area contributed by atoms with Crippen molar-refractivity contribution < 1.29 is 22.9 Å². The topological polar surface area (TPSA) is 66.7 Å². The first kappa shape index (κ1) is 20.7. The second-order valence-electron chi connectivity index (χ2n) is 7.30. The van der Waals surface area contributed by atoms with Gasteiger partial charge >= 0.3 is 6.18 Å². The van der Waals surface area contributed by atoms with Crippen LogP contribution in [-0.2, 0) is 11.0 Å². The van der Waals surface area contributed by atoms with Crippen molar-refractivity contribution in [2.24, 2.45) is 5.92 Å². The van der Waals surface area contributed by atoms with Crippen LogP contribution in [0, 0.1) is 16.0 Å². The van der Waals surface area contributed by atoms with Gasteiger partial charge in [0, 0.05) is 38.7 Å². The van der Waals surface area contributed by atoms with Gasteiger partial charge in [0.05, 0.1) is 15.5 Å². The van der Waals surface area contributed by atoms with E-state index < -0.39 is 27.4 Å². The van der Waals surface area contributed by atoms with Crippen LogP contribution in [0.2, 0.25) is 5.02 Å². The first-order valence-corrected chi connectivity index (χ1v) is 9.62. The second kappa shape index (κ2) is 8.14. The number of piperidine rings is 2. The molecule has 0 bridgehead atoms. The molecule has 10 heteroatoms. The number of carbonyl (C=O) groups excluding carboxylic acids is 1. The molecule has 0 aromatic heterocycles. The van der Waals surface area contributed by atoms with E-state index >= 15 is 0 Å². The molecule has 2 saturated heterocycles. The third-order valence-electron chi connectivity index (χ3n) is 5.42. The fourth-order valence-corrected chi connectivity index (χ4v) is 4.16. The molecule has 0 spiro atoms. The molecule has 0 radical (unpaired) electrons. The lowest BCUT2D eigenvalue weighted by atomic mass is 9.94. The number of nitro benzene ring substituents is 1. The number of likely N-dealkylation sites (tertiary alicyclic amines) is 1. The number of rotatable bonds is 4. The molecule has 3 rings (SSSR count). The highest BCUT2D eigenvalue weighted by Crippen LogP contribution is 2.42. The number of alkyl halides is 3. The molecule has 154 valence electrons. The number of anilines is 1. The lowest BCUT2D eigenvalue weighted by molar-refractivity contribution is -0.384. The van der Waals surface area contributed by atoms with E-state index in [1.807, 2.05) is 4.90 Å². The van der Waals surface area contributed by atoms with Crippen molar-refractivity contribution in [3.8, 4) is 0 Å². The number of halogens is 4. The van der Waals surface area contributed by atoms with Crippen molar-refractivity contribution in [3.63, 3.8) is 0 Å². The molecule has 0 N–H and O–H groups in total. The summed E-state index contributed by atoms with van der Waals surface area (Å²) in [7, 11) is 0. The Bertz CT molecular complexity index is 764. The summed E-state index contributed by atoms with van der Waals surface area (Å²) in [6, 6.07) is 1.55. The van der Waals surface area contributed by atoms with E-state index in [0.29, 0.717) is 45.0 Å². The Morgan fingerprint density at radius 2 is 1.86 bits per heavy atom. The minimum Gasteiger partial charge on any atom is -0.366 e. The Labute approximate surface area is 165 Å². The van der Waals surface area contributed by atoms with Crippen LogP contribution < -0.4 is 4.90 Å². The first-order chi connectivity index (χ1) is 13.2. The van der Waals surface area contributed by atoms with Crippen molar-refractivity contribution in [1.82, 2.24) is 4.90 Å². The SMILES string of the molecule is O=C1CCCCN1CC1CCN(c2cc(Cl)c(C(F)(F)F)cc2[N+](=O)[O-])CC1. The predicted octanol–water partition coefficient (Wildman–Crippen LogP) is 4.50. The first-order valence-electron chi connectivity index (χ1n) is 9.24. The van der Waals surface area contributed by atoms with E-state index in [2.05, 4.69) is 0 Å². The molecule has 0 saturated carbocycles. The number of nitrogens with zero attached hydrogens (tertiary/aromatic N) is 3. The van der Waals surface area contributed by atoms with E-state index in [4.69, 9.17) is 11.6 Å². The van der Waals surface area contributed by atoms with E-state index in [1.54, 1.807) is 4.90 Å². The van der Waals surface area contributed by atoms with Gasteiger partial charge in [-0.2, -0.15) is 13.2 Å². The third kappa shape index (κ3) is 4.51. The molecule has 0 aliphatic carbocycles. The van der Waals surface area contributed by atoms with Gasteiger partial charge in [0.15, 0.2) is 0 Å². The van der Waals surface area contributed by atoms with Crippen molar-refractivity contribution in [2.45, 2.75) is 38.3 Å². The molecule has 0 atom stereocenters. The van der Waals surface area contributed by atoms with Gasteiger partial charge in [-0.05, 0) is 37.7 Å². The lowest BCUT2D eigenvalue weighted by Gasteiger charge is -2.37. The quantitative estimate of drug-likeness (QED) is 0.532. The van der Waals surface area contributed by atoms with Gasteiger partial charge in [-0.1, -0.05) is 11.6 Å². The summed E-state index contributed by atoms with van der Waals surface area (Å²) in [5.74, 6) is 0.445. The summed E-state index contributed by atoms with van der Waals surface area (Å²) in [6.45, 7) is 2.37. The molecule has 1 aromatic carbocycles. The van der Waals surface area contributed by atoms with E-state index in [9.17, 15) is 28.1 Å². The Morgan fingerprint density at radius 1 is 1.18 bits per heavy atom. The van der Waals surface area contributed by atoms with Crippen molar-refractivity contribution >= 4 is 28.9 Å². The summed E-state index contributed by atoms with van der Waals surface area (Å²) in [6.07, 6.45) is -0.838. The number of hydrogen-bond acceptors (Lipinski definition) is 4. The molecule has 2 fully saturated rings. The zero-order valence-electron chi connectivity index (χ0n) is 15.2. The van der Waals surface area contributed by atoms with Crippen LogP contribution in [0.1, 0.15) is 37.7 Å². The summed E-state index contributed by atoms with van der Waals surface area (Å²) < 4.78 is 39.1. The molecule has 1 amide bonds. The van der Waals surface area contributed by atoms with Crippen molar-refractivity contribution in [3.05, 3.63) is 32.8 Å². The van der Waals surface area contributed by atoms with Crippen LogP contribution in [-0.4, -0.2) is 41.9 Å². The Morgan fingerprint density at radius 3 is 2.43 bits per heavy atom. The number of hydrogen-bond donors (Lipinski definition) is 0. The molecular formula is C18H21ClF3N3O3. The monoisotopic (exact) mass is 419 g/mol. The minimum atomic E-state index is -4.76. The van der Waals surface area contributed by atoms with Crippen LogP contribution in [0.25, 0.3) is 0 Å². The molecule has 1 aromatic rings. The van der Waals surface area contributed by atoms with E-state index in [1.165, 1.54) is 0 Å². The molecule has 2 heterocycles. The third-order valence-corrected chi connectivity index (χ3v) is 5.73. The molecule has 28 heavy (non-hydrogen) atoms. The van der Waals surface area contributed by atoms with E-state index in [0.717, 1.165) is 25.5 Å². The van der Waals surface area contributed by atoms with Gasteiger partial charge in [0.25, 0.3) is 5.69 Å². The van der Waals surface area contributed by atoms with Crippen LogP contribution in [0.15, 0.2) is 12.1 Å². The highest BCUT2D eigenvalue weighted by molar-refractivity contribution is 6.31. The molecule has 0 unspecified atom stereocenters. The Balaban J connectivity index is 1.72. The number of amides is 1. The Hall–Kier alpha value is -2.03. The van der Waals surface area contributed by atoms with Crippen LogP contribution in [0.4, 0.5) is 24.5 Å². The van der Waals surface area contributed by atoms with Crippen molar-refractivity contribution in [1.29, 1.82) is 0 Å². The predicted molar refractivity (Wildman–Crippen MR) is 98.5 cm³/mol. The Kier molecular flexibility index (Phi) is 6.02. The van der Waals surface area contributed by atoms with Crippen LogP contribution in [0.3, 0.4) is 0 Å². The molecule has 6 nitrogen and oxygen atoms in total. The molecular weight excluding hydrogens is 399 g/mol. The fourth-order valence-electron chi connectivity index (χ4n) is 3.89. The highest BCUT2D eigenvalue weighted by Gasteiger charge is 2.37. The summed E-state index contributed by atoms with van der Waals surface area (Å²) in [4.78, 5) is 26.1. The summed E-state index contributed by atoms with van der Waals surface area (Å²) in [5, 5.41) is 10.8. The van der Waals surface area contributed by atoms with Gasteiger partial charge in [-0.25, -0.2) is 0 Å². The largest absolute Gasteiger partial charge is 0.418 e. The van der Waals surface area contributed by atoms with E-state index in [-0.39, 0.29) is 17.5 Å². The lowest BCUT2D eigenvalue weighted by Crippen LogP contribution is -2.42. The zero-order valence-corrected chi connectivity index (χ0v) is 15.9. The number of benzene rings is 1. The van der Waals surface area contributed by atoms with Crippen LogP contribution in [0.5, 0.6) is 0 Å². The van der Waals surface area contributed by atoms with Gasteiger partial charge < -0.3 is 9.80 Å². The zero-order chi connectivity index (χ0) is 20.5. The molecule has 2 aliphatic rings. The summed E-state index contributed by atoms with van der Waals surface area (Å²) >= 11 is 5.77. The highest BCUT2D eigenvalue weighted by atomic mass is 35.5. The van der Waals surface area contributed by atoms with Crippen LogP contribution >= 0.6 is 11.6 Å². The number of nitro groups is 1. The number of carbonyl (C=O) groups is 1. The smallest absolute Gasteiger partial charge is 0.366 e. The fraction of sp³-hybridized carbons (Fsp3) is 0.611. The average molecular weight is 420 g/mol. The van der Waals surface area contributed by atoms with Gasteiger partial charge in [-0.3, -0.25) is 14.9 Å². The normalized spacial score (nSPS) is 19.2. The second-order valence-corrected chi connectivity index (χ2v) is 7.71. The average Bonchev–Trinajstić information content (AvgIpc) is 2.63. The van der Waals surface area contributed by atoms with Gasteiger partial charge in [-0.15, -0.1) is 0 Å². The molecule has 2 aliphatic heterocycles. The standard InChI is InChI=1S/C18H21ClF3N3O3/c19-14-10-15(16(25(27)28)9-13(14)18(20,21)22)23-7-4-12(5-8-23)11-24-6-2-1-3-17(24)26/h9-10,12H,1-8,11H2.